The minimum absolute atomic E-state index is 0.107. The molecule has 1 heterocycles. The summed E-state index contributed by atoms with van der Waals surface area (Å²) in [6.07, 6.45) is 1.59. The predicted octanol–water partition coefficient (Wildman–Crippen LogP) is 2.67. The quantitative estimate of drug-likeness (QED) is 0.932. The Morgan fingerprint density at radius 2 is 2.00 bits per heavy atom. The lowest BCUT2D eigenvalue weighted by molar-refractivity contribution is 0.161. The van der Waals surface area contributed by atoms with Gasteiger partial charge in [-0.3, -0.25) is 0 Å². The minimum Gasteiger partial charge on any atom is -0.508 e. The number of hydrogen-bond acceptors (Lipinski definition) is 3. The van der Waals surface area contributed by atoms with Gasteiger partial charge in [-0.05, 0) is 29.8 Å². The smallest absolute Gasteiger partial charge is 0.320 e. The molecule has 106 valence electrons. The molecule has 0 saturated heterocycles. The largest absolute Gasteiger partial charge is 0.508 e. The molecular formula is C15H18N2O3. The summed E-state index contributed by atoms with van der Waals surface area (Å²) in [4.78, 5) is 15.4. The SMILES string of the molecule is CN(C)C(=O)N(Cc1cccc(O)c1)Cc1ccco1. The first-order chi connectivity index (χ1) is 9.56. The monoisotopic (exact) mass is 274 g/mol. The molecular weight excluding hydrogens is 256 g/mol. The van der Waals surface area contributed by atoms with Crippen molar-refractivity contribution in [1.82, 2.24) is 9.80 Å². The Morgan fingerprint density at radius 1 is 1.20 bits per heavy atom. The molecule has 5 nitrogen and oxygen atoms in total. The Morgan fingerprint density at radius 3 is 2.60 bits per heavy atom. The number of amides is 2. The van der Waals surface area contributed by atoms with Crippen LogP contribution in [0.3, 0.4) is 0 Å². The predicted molar refractivity (Wildman–Crippen MR) is 75.1 cm³/mol. The highest BCUT2D eigenvalue weighted by Crippen LogP contribution is 2.16. The maximum absolute atomic E-state index is 12.2. The zero-order chi connectivity index (χ0) is 14.5. The summed E-state index contributed by atoms with van der Waals surface area (Å²) < 4.78 is 5.29. The fourth-order valence-electron chi connectivity index (χ4n) is 1.94. The molecule has 0 atom stereocenters. The van der Waals surface area contributed by atoms with Gasteiger partial charge in [-0.15, -0.1) is 0 Å². The molecule has 0 fully saturated rings. The molecule has 0 radical (unpaired) electrons. The summed E-state index contributed by atoms with van der Waals surface area (Å²) >= 11 is 0. The lowest BCUT2D eigenvalue weighted by Crippen LogP contribution is -2.38. The molecule has 0 saturated carbocycles. The second-order valence-electron chi connectivity index (χ2n) is 4.78. The van der Waals surface area contributed by atoms with Crippen LogP contribution >= 0.6 is 0 Å². The molecule has 0 bridgehead atoms. The molecule has 0 unspecified atom stereocenters. The third-order valence-electron chi connectivity index (χ3n) is 2.86. The normalized spacial score (nSPS) is 10.3. The molecule has 0 aliphatic rings. The molecule has 20 heavy (non-hydrogen) atoms. The van der Waals surface area contributed by atoms with Gasteiger partial charge in [0.25, 0.3) is 0 Å². The van der Waals surface area contributed by atoms with Crippen LogP contribution in [0, 0.1) is 0 Å². The van der Waals surface area contributed by atoms with Crippen molar-refractivity contribution in [2.45, 2.75) is 13.1 Å². The van der Waals surface area contributed by atoms with Crippen LogP contribution in [0.5, 0.6) is 5.75 Å². The third kappa shape index (κ3) is 3.54. The van der Waals surface area contributed by atoms with Gasteiger partial charge in [0, 0.05) is 20.6 Å². The maximum Gasteiger partial charge on any atom is 0.320 e. The lowest BCUT2D eigenvalue weighted by Gasteiger charge is -2.25. The Balaban J connectivity index is 2.16. The fraction of sp³-hybridized carbons (Fsp3) is 0.267. The molecule has 1 N–H and O–H groups in total. The van der Waals surface area contributed by atoms with E-state index in [1.807, 2.05) is 12.1 Å². The molecule has 0 aliphatic heterocycles. The number of carbonyl (C=O) groups is 1. The van der Waals surface area contributed by atoms with E-state index in [0.717, 1.165) is 11.3 Å². The molecule has 2 amide bonds. The lowest BCUT2D eigenvalue weighted by atomic mass is 10.2. The summed E-state index contributed by atoms with van der Waals surface area (Å²) in [7, 11) is 3.42. The van der Waals surface area contributed by atoms with Crippen LogP contribution in [0.1, 0.15) is 11.3 Å². The van der Waals surface area contributed by atoms with E-state index in [2.05, 4.69) is 0 Å². The van der Waals surface area contributed by atoms with Gasteiger partial charge in [-0.1, -0.05) is 12.1 Å². The summed E-state index contributed by atoms with van der Waals surface area (Å²) in [5.74, 6) is 0.915. The number of nitrogens with zero attached hydrogens (tertiary/aromatic N) is 2. The number of aromatic hydroxyl groups is 1. The number of phenolic OH excluding ortho intramolecular Hbond substituents is 1. The topological polar surface area (TPSA) is 56.9 Å². The number of phenols is 1. The summed E-state index contributed by atoms with van der Waals surface area (Å²) in [6.45, 7) is 0.797. The molecule has 5 heteroatoms. The second kappa shape index (κ2) is 6.14. The van der Waals surface area contributed by atoms with Gasteiger partial charge >= 0.3 is 6.03 Å². The van der Waals surface area contributed by atoms with Crippen molar-refractivity contribution in [2.75, 3.05) is 14.1 Å². The molecule has 0 spiro atoms. The van der Waals surface area contributed by atoms with Crippen molar-refractivity contribution in [3.05, 3.63) is 54.0 Å². The fourth-order valence-corrected chi connectivity index (χ4v) is 1.94. The summed E-state index contributed by atoms with van der Waals surface area (Å²) in [5.41, 5.74) is 0.867. The number of hydrogen-bond donors (Lipinski definition) is 1. The highest BCUT2D eigenvalue weighted by atomic mass is 16.3. The van der Waals surface area contributed by atoms with Crippen LogP contribution in [0.4, 0.5) is 4.79 Å². The van der Waals surface area contributed by atoms with Gasteiger partial charge in [0.1, 0.15) is 11.5 Å². The molecule has 2 rings (SSSR count). The van der Waals surface area contributed by atoms with Crippen molar-refractivity contribution < 1.29 is 14.3 Å². The number of carbonyl (C=O) groups excluding carboxylic acids is 1. The van der Waals surface area contributed by atoms with Crippen molar-refractivity contribution in [3.63, 3.8) is 0 Å². The van der Waals surface area contributed by atoms with Gasteiger partial charge in [-0.2, -0.15) is 0 Å². The Hall–Kier alpha value is -2.43. The van der Waals surface area contributed by atoms with E-state index in [0.29, 0.717) is 13.1 Å². The standard InChI is InChI=1S/C15H18N2O3/c1-16(2)15(19)17(11-14-7-4-8-20-14)10-12-5-3-6-13(18)9-12/h3-9,18H,10-11H2,1-2H3. The van der Waals surface area contributed by atoms with Crippen molar-refractivity contribution in [3.8, 4) is 5.75 Å². The first-order valence-corrected chi connectivity index (χ1v) is 6.33. The van der Waals surface area contributed by atoms with E-state index >= 15 is 0 Å². The Labute approximate surface area is 118 Å². The van der Waals surface area contributed by atoms with E-state index in [4.69, 9.17) is 4.42 Å². The van der Waals surface area contributed by atoms with Gasteiger partial charge in [0.15, 0.2) is 0 Å². The van der Waals surface area contributed by atoms with Crippen LogP contribution in [-0.4, -0.2) is 35.0 Å². The zero-order valence-corrected chi connectivity index (χ0v) is 11.6. The van der Waals surface area contributed by atoms with Gasteiger partial charge in [0.05, 0.1) is 12.8 Å². The van der Waals surface area contributed by atoms with Crippen LogP contribution in [-0.2, 0) is 13.1 Å². The number of furan rings is 1. The average Bonchev–Trinajstić information content (AvgIpc) is 2.90. The van der Waals surface area contributed by atoms with E-state index in [1.165, 1.54) is 4.90 Å². The number of benzene rings is 1. The van der Waals surface area contributed by atoms with E-state index in [9.17, 15) is 9.90 Å². The highest BCUT2D eigenvalue weighted by molar-refractivity contribution is 5.73. The van der Waals surface area contributed by atoms with Crippen molar-refractivity contribution in [2.24, 2.45) is 0 Å². The van der Waals surface area contributed by atoms with E-state index in [-0.39, 0.29) is 11.8 Å². The van der Waals surface area contributed by atoms with Crippen LogP contribution in [0.2, 0.25) is 0 Å². The molecule has 0 aliphatic carbocycles. The summed E-state index contributed by atoms with van der Waals surface area (Å²) in [6, 6.07) is 10.4. The molecule has 2 aromatic rings. The average molecular weight is 274 g/mol. The van der Waals surface area contributed by atoms with Crippen molar-refractivity contribution >= 4 is 6.03 Å². The van der Waals surface area contributed by atoms with Gasteiger partial charge in [0.2, 0.25) is 0 Å². The van der Waals surface area contributed by atoms with Crippen molar-refractivity contribution in [1.29, 1.82) is 0 Å². The Bertz CT molecular complexity index is 564. The van der Waals surface area contributed by atoms with Gasteiger partial charge in [-0.25, -0.2) is 4.79 Å². The van der Waals surface area contributed by atoms with Gasteiger partial charge < -0.3 is 19.3 Å². The minimum atomic E-state index is -0.107. The van der Waals surface area contributed by atoms with E-state index < -0.39 is 0 Å². The molecule has 1 aromatic heterocycles. The second-order valence-corrected chi connectivity index (χ2v) is 4.78. The number of urea groups is 1. The highest BCUT2D eigenvalue weighted by Gasteiger charge is 2.17. The first kappa shape index (κ1) is 14.0. The Kier molecular flexibility index (Phi) is 4.30. The summed E-state index contributed by atoms with van der Waals surface area (Å²) in [5, 5.41) is 9.50. The van der Waals surface area contributed by atoms with Crippen LogP contribution in [0.15, 0.2) is 47.1 Å². The van der Waals surface area contributed by atoms with E-state index in [1.54, 1.807) is 49.5 Å². The van der Waals surface area contributed by atoms with Crippen LogP contribution in [0.25, 0.3) is 0 Å². The zero-order valence-electron chi connectivity index (χ0n) is 11.6. The molecule has 1 aromatic carbocycles. The maximum atomic E-state index is 12.2. The third-order valence-corrected chi connectivity index (χ3v) is 2.86. The first-order valence-electron chi connectivity index (χ1n) is 6.33. The number of rotatable bonds is 4. The van der Waals surface area contributed by atoms with Crippen LogP contribution < -0.4 is 0 Å².